The highest BCUT2D eigenvalue weighted by molar-refractivity contribution is 7.91. The van der Waals surface area contributed by atoms with Crippen molar-refractivity contribution in [2.75, 3.05) is 19.7 Å². The Hall–Kier alpha value is -1.45. The van der Waals surface area contributed by atoms with Crippen LogP contribution in [0, 0.1) is 5.92 Å². The number of ether oxygens (including phenoxy) is 2. The number of sulfonamides is 1. The van der Waals surface area contributed by atoms with Crippen LogP contribution in [0.5, 0.6) is 0 Å². The van der Waals surface area contributed by atoms with Gasteiger partial charge in [0.15, 0.2) is 0 Å². The average molecular weight is 359 g/mol. The van der Waals surface area contributed by atoms with E-state index in [0.29, 0.717) is 23.5 Å². The van der Waals surface area contributed by atoms with Crippen LogP contribution >= 0.6 is 11.3 Å². The maximum Gasteiger partial charge on any atom is 0.347 e. The van der Waals surface area contributed by atoms with E-state index in [2.05, 4.69) is 0 Å². The summed E-state index contributed by atoms with van der Waals surface area (Å²) in [7, 11) is -3.47. The van der Waals surface area contributed by atoms with Gasteiger partial charge in [-0.3, -0.25) is 4.79 Å². The van der Waals surface area contributed by atoms with Crippen LogP contribution in [0.3, 0.4) is 0 Å². The van der Waals surface area contributed by atoms with Crippen LogP contribution in [-0.2, 0) is 29.1 Å². The molecule has 1 aromatic heterocycles. The Morgan fingerprint density at radius 2 is 2.04 bits per heavy atom. The van der Waals surface area contributed by atoms with E-state index in [9.17, 15) is 18.0 Å². The molecule has 0 aromatic carbocycles. The van der Waals surface area contributed by atoms with E-state index >= 15 is 0 Å². The lowest BCUT2D eigenvalue weighted by Crippen LogP contribution is -2.41. The topological polar surface area (TPSA) is 90.0 Å². The fraction of sp³-hybridized carbons (Fsp3) is 0.571. The van der Waals surface area contributed by atoms with Gasteiger partial charge in [-0.05, 0) is 24.3 Å². The Morgan fingerprint density at radius 1 is 1.30 bits per heavy atom. The highest BCUT2D eigenvalue weighted by Crippen LogP contribution is 2.27. The zero-order valence-electron chi connectivity index (χ0n) is 12.3. The number of cyclic esters (lactones) is 1. The largest absolute Gasteiger partial charge is 0.463 e. The van der Waals surface area contributed by atoms with E-state index in [1.54, 1.807) is 17.5 Å². The number of thiophene rings is 1. The molecule has 2 saturated heterocycles. The molecular formula is C14H17NO6S2. The van der Waals surface area contributed by atoms with Crippen molar-refractivity contribution in [2.24, 2.45) is 5.92 Å². The molecule has 2 aliphatic heterocycles. The summed E-state index contributed by atoms with van der Waals surface area (Å²) in [6, 6.07) is 3.27. The Kier molecular flexibility index (Phi) is 4.69. The van der Waals surface area contributed by atoms with Gasteiger partial charge >= 0.3 is 11.9 Å². The number of piperidine rings is 1. The van der Waals surface area contributed by atoms with Crippen molar-refractivity contribution in [3.63, 3.8) is 0 Å². The quantitative estimate of drug-likeness (QED) is 0.745. The van der Waals surface area contributed by atoms with Gasteiger partial charge in [0.2, 0.25) is 6.10 Å². The number of nitrogens with zero attached hydrogens (tertiary/aromatic N) is 1. The second-order valence-electron chi connectivity index (χ2n) is 5.49. The van der Waals surface area contributed by atoms with Gasteiger partial charge in [0.1, 0.15) is 4.21 Å². The predicted molar refractivity (Wildman–Crippen MR) is 81.3 cm³/mol. The van der Waals surface area contributed by atoms with Gasteiger partial charge in [-0.25, -0.2) is 13.2 Å². The molecule has 0 bridgehead atoms. The van der Waals surface area contributed by atoms with Gasteiger partial charge in [0.25, 0.3) is 10.0 Å². The van der Waals surface area contributed by atoms with Crippen molar-refractivity contribution in [3.05, 3.63) is 17.5 Å². The first-order valence-electron chi connectivity index (χ1n) is 7.39. The van der Waals surface area contributed by atoms with Crippen molar-refractivity contribution in [2.45, 2.75) is 29.6 Å². The maximum atomic E-state index is 12.4. The summed E-state index contributed by atoms with van der Waals surface area (Å²) < 4.78 is 36.4. The van der Waals surface area contributed by atoms with E-state index in [0.717, 1.165) is 0 Å². The SMILES string of the molecule is O=C(OC1CCOC1=O)C1CCN(S(=O)(=O)c2cccs2)CC1. The third kappa shape index (κ3) is 3.41. The van der Waals surface area contributed by atoms with E-state index in [4.69, 9.17) is 9.47 Å². The molecule has 0 radical (unpaired) electrons. The molecule has 0 spiro atoms. The fourth-order valence-corrected chi connectivity index (χ4v) is 5.30. The van der Waals surface area contributed by atoms with Gasteiger partial charge in [0, 0.05) is 19.5 Å². The summed E-state index contributed by atoms with van der Waals surface area (Å²) in [5.41, 5.74) is 0. The molecule has 1 atom stereocenters. The number of carbonyl (C=O) groups excluding carboxylic acids is 2. The molecule has 1 unspecified atom stereocenters. The molecule has 2 fully saturated rings. The summed E-state index contributed by atoms with van der Waals surface area (Å²) in [4.78, 5) is 23.4. The molecule has 1 aromatic rings. The molecule has 0 saturated carbocycles. The molecule has 0 amide bonds. The Bertz CT molecular complexity index is 676. The van der Waals surface area contributed by atoms with Crippen molar-refractivity contribution in [1.82, 2.24) is 4.31 Å². The van der Waals surface area contributed by atoms with E-state index in [1.807, 2.05) is 0 Å². The molecule has 3 heterocycles. The lowest BCUT2D eigenvalue weighted by atomic mass is 9.98. The Labute approximate surface area is 138 Å². The van der Waals surface area contributed by atoms with E-state index in [-0.39, 0.29) is 25.6 Å². The summed E-state index contributed by atoms with van der Waals surface area (Å²) in [6.07, 6.45) is 0.363. The number of hydrogen-bond acceptors (Lipinski definition) is 7. The zero-order valence-corrected chi connectivity index (χ0v) is 14.0. The minimum atomic E-state index is -3.47. The standard InChI is InChI=1S/C14H17NO6S2/c16-13(21-11-5-8-20-14(11)17)10-3-6-15(7-4-10)23(18,19)12-2-1-9-22-12/h1-2,9-11H,3-8H2. The number of carbonyl (C=O) groups is 2. The first-order chi connectivity index (χ1) is 11.0. The fourth-order valence-electron chi connectivity index (χ4n) is 2.69. The Morgan fingerprint density at radius 3 is 2.61 bits per heavy atom. The molecule has 9 heteroatoms. The van der Waals surface area contributed by atoms with Crippen LogP contribution in [0.2, 0.25) is 0 Å². The zero-order chi connectivity index (χ0) is 16.4. The predicted octanol–water partition coefficient (Wildman–Crippen LogP) is 1.01. The van der Waals surface area contributed by atoms with Crippen molar-refractivity contribution in [1.29, 1.82) is 0 Å². The smallest absolute Gasteiger partial charge is 0.347 e. The highest BCUT2D eigenvalue weighted by atomic mass is 32.2. The minimum Gasteiger partial charge on any atom is -0.463 e. The van der Waals surface area contributed by atoms with Crippen LogP contribution < -0.4 is 0 Å². The first kappa shape index (κ1) is 16.4. The number of esters is 2. The second-order valence-corrected chi connectivity index (χ2v) is 8.60. The molecule has 3 rings (SSSR count). The van der Waals surface area contributed by atoms with Gasteiger partial charge in [-0.15, -0.1) is 11.3 Å². The van der Waals surface area contributed by atoms with Crippen molar-refractivity contribution >= 4 is 33.3 Å². The van der Waals surface area contributed by atoms with Crippen LogP contribution in [-0.4, -0.2) is 50.5 Å². The Balaban J connectivity index is 1.56. The van der Waals surface area contributed by atoms with Crippen LogP contribution in [0.1, 0.15) is 19.3 Å². The second kappa shape index (κ2) is 6.58. The molecular weight excluding hydrogens is 342 g/mol. The number of rotatable bonds is 4. The molecule has 2 aliphatic rings. The van der Waals surface area contributed by atoms with Gasteiger partial charge in [-0.2, -0.15) is 4.31 Å². The molecule has 0 aliphatic carbocycles. The molecule has 23 heavy (non-hydrogen) atoms. The van der Waals surface area contributed by atoms with E-state index < -0.39 is 28.1 Å². The van der Waals surface area contributed by atoms with Gasteiger partial charge in [0.05, 0.1) is 12.5 Å². The van der Waals surface area contributed by atoms with Crippen molar-refractivity contribution < 1.29 is 27.5 Å². The monoisotopic (exact) mass is 359 g/mol. The van der Waals surface area contributed by atoms with Crippen LogP contribution in [0.25, 0.3) is 0 Å². The lowest BCUT2D eigenvalue weighted by Gasteiger charge is -2.29. The molecule has 7 nitrogen and oxygen atoms in total. The number of hydrogen-bond donors (Lipinski definition) is 0. The van der Waals surface area contributed by atoms with Crippen LogP contribution in [0.4, 0.5) is 0 Å². The average Bonchev–Trinajstić information content (AvgIpc) is 3.20. The maximum absolute atomic E-state index is 12.4. The minimum absolute atomic E-state index is 0.272. The van der Waals surface area contributed by atoms with Crippen molar-refractivity contribution in [3.8, 4) is 0 Å². The van der Waals surface area contributed by atoms with E-state index in [1.165, 1.54) is 15.6 Å². The highest BCUT2D eigenvalue weighted by Gasteiger charge is 2.36. The third-order valence-corrected chi connectivity index (χ3v) is 7.29. The summed E-state index contributed by atoms with van der Waals surface area (Å²) in [6.45, 7) is 0.818. The van der Waals surface area contributed by atoms with Crippen LogP contribution in [0.15, 0.2) is 21.7 Å². The molecule has 0 N–H and O–H groups in total. The first-order valence-corrected chi connectivity index (χ1v) is 9.71. The normalized spacial score (nSPS) is 23.7. The third-order valence-electron chi connectivity index (χ3n) is 4.02. The van der Waals surface area contributed by atoms with Gasteiger partial charge < -0.3 is 9.47 Å². The summed E-state index contributed by atoms with van der Waals surface area (Å²) in [5.74, 6) is -1.32. The van der Waals surface area contributed by atoms with Gasteiger partial charge in [-0.1, -0.05) is 6.07 Å². The summed E-state index contributed by atoms with van der Waals surface area (Å²) in [5, 5.41) is 1.72. The lowest BCUT2D eigenvalue weighted by molar-refractivity contribution is -0.164. The molecule has 126 valence electrons. The summed E-state index contributed by atoms with van der Waals surface area (Å²) >= 11 is 1.18.